The Kier molecular flexibility index (Phi) is 5.63. The molecule has 0 unspecified atom stereocenters. The summed E-state index contributed by atoms with van der Waals surface area (Å²) in [5, 5.41) is 5.22. The fourth-order valence-corrected chi connectivity index (χ4v) is 5.31. The van der Waals surface area contributed by atoms with Gasteiger partial charge in [-0.15, -0.1) is 0 Å². The van der Waals surface area contributed by atoms with E-state index in [2.05, 4.69) is 0 Å². The highest BCUT2D eigenvalue weighted by atomic mass is 35.5. The second-order valence-corrected chi connectivity index (χ2v) is 10.4. The van der Waals surface area contributed by atoms with Crippen molar-refractivity contribution in [2.45, 2.75) is 22.5 Å². The Labute approximate surface area is 169 Å². The van der Waals surface area contributed by atoms with Crippen molar-refractivity contribution >= 4 is 31.5 Å². The predicted molar refractivity (Wildman–Crippen MR) is 110 cm³/mol. The van der Waals surface area contributed by atoms with Crippen LogP contribution in [0.25, 0.3) is 11.1 Å². The molecule has 0 fully saturated rings. The maximum Gasteiger partial charge on any atom is 0.238 e. The van der Waals surface area contributed by atoms with E-state index in [1.165, 1.54) is 30.3 Å². The van der Waals surface area contributed by atoms with Gasteiger partial charge in [-0.3, -0.25) is 0 Å². The van der Waals surface area contributed by atoms with E-state index in [9.17, 15) is 16.8 Å². The summed E-state index contributed by atoms with van der Waals surface area (Å²) >= 11 is 6.27. The maximum absolute atomic E-state index is 12.8. The number of benzene rings is 3. The molecule has 0 radical (unpaired) electrons. The highest BCUT2D eigenvalue weighted by molar-refractivity contribution is 7.90. The molecule has 0 aliphatic heterocycles. The lowest BCUT2D eigenvalue weighted by atomic mass is 10.0. The van der Waals surface area contributed by atoms with Crippen LogP contribution in [-0.2, 0) is 25.6 Å². The molecule has 0 heterocycles. The molecule has 0 atom stereocenters. The normalized spacial score (nSPS) is 12.1. The van der Waals surface area contributed by atoms with Crippen molar-refractivity contribution in [2.75, 3.05) is 0 Å². The van der Waals surface area contributed by atoms with Gasteiger partial charge in [0.1, 0.15) is 0 Å². The Balaban J connectivity index is 1.93. The summed E-state index contributed by atoms with van der Waals surface area (Å²) in [6, 6.07) is 18.1. The first-order chi connectivity index (χ1) is 13.1. The van der Waals surface area contributed by atoms with Crippen LogP contribution in [0, 0.1) is 6.92 Å². The van der Waals surface area contributed by atoms with E-state index in [0.29, 0.717) is 5.56 Å². The van der Waals surface area contributed by atoms with Crippen molar-refractivity contribution in [3.8, 4) is 11.1 Å². The quantitative estimate of drug-likeness (QED) is 0.656. The Morgan fingerprint density at radius 1 is 0.857 bits per heavy atom. The van der Waals surface area contributed by atoms with E-state index >= 15 is 0 Å². The first-order valence-electron chi connectivity index (χ1n) is 8.27. The third-order valence-electron chi connectivity index (χ3n) is 4.24. The van der Waals surface area contributed by atoms with Crippen LogP contribution in [0.4, 0.5) is 0 Å². The van der Waals surface area contributed by atoms with Crippen LogP contribution in [-0.4, -0.2) is 16.8 Å². The van der Waals surface area contributed by atoms with E-state index in [-0.39, 0.29) is 20.6 Å². The molecule has 0 aliphatic carbocycles. The topological polar surface area (TPSA) is 94.3 Å². The van der Waals surface area contributed by atoms with Crippen molar-refractivity contribution in [2.24, 2.45) is 5.14 Å². The minimum Gasteiger partial charge on any atom is -0.225 e. The first kappa shape index (κ1) is 20.5. The number of hydrogen-bond acceptors (Lipinski definition) is 4. The standard InChI is InChI=1S/C20H18ClNO4S2/c1-14-5-7-16(8-6-14)17-9-10-20(19(21)12-17)27(23,24)13-15-3-2-4-18(11-15)28(22,25)26/h2-12H,13H2,1H3,(H2,22,25,26). The summed E-state index contributed by atoms with van der Waals surface area (Å²) in [6.07, 6.45) is 0. The largest absolute Gasteiger partial charge is 0.238 e. The van der Waals surface area contributed by atoms with Gasteiger partial charge in [0.15, 0.2) is 9.84 Å². The van der Waals surface area contributed by atoms with Gasteiger partial charge in [-0.1, -0.05) is 59.6 Å². The van der Waals surface area contributed by atoms with Crippen LogP contribution in [0.5, 0.6) is 0 Å². The van der Waals surface area contributed by atoms with Crippen LogP contribution in [0.15, 0.2) is 76.5 Å². The molecule has 5 nitrogen and oxygen atoms in total. The lowest BCUT2D eigenvalue weighted by Crippen LogP contribution is -2.13. The van der Waals surface area contributed by atoms with Crippen molar-refractivity contribution in [1.29, 1.82) is 0 Å². The molecule has 0 spiro atoms. The van der Waals surface area contributed by atoms with Crippen molar-refractivity contribution in [3.05, 3.63) is 82.9 Å². The summed E-state index contributed by atoms with van der Waals surface area (Å²) in [7, 11) is -7.69. The summed E-state index contributed by atoms with van der Waals surface area (Å²) in [4.78, 5) is -0.146. The number of halogens is 1. The van der Waals surface area contributed by atoms with Gasteiger partial charge in [0.05, 0.1) is 20.6 Å². The van der Waals surface area contributed by atoms with Crippen LogP contribution in [0.2, 0.25) is 5.02 Å². The minimum absolute atomic E-state index is 0.00830. The van der Waals surface area contributed by atoms with Gasteiger partial charge in [0.25, 0.3) is 0 Å². The Morgan fingerprint density at radius 2 is 1.50 bits per heavy atom. The van der Waals surface area contributed by atoms with Gasteiger partial charge >= 0.3 is 0 Å². The number of sulfone groups is 1. The molecule has 28 heavy (non-hydrogen) atoms. The molecule has 3 aromatic rings. The third kappa shape index (κ3) is 4.62. The third-order valence-corrected chi connectivity index (χ3v) is 7.31. The molecule has 0 aliphatic rings. The van der Waals surface area contributed by atoms with Gasteiger partial charge in [0.2, 0.25) is 10.0 Å². The summed E-state index contributed by atoms with van der Waals surface area (Å²) in [6.45, 7) is 1.98. The van der Waals surface area contributed by atoms with Gasteiger partial charge in [-0.2, -0.15) is 0 Å². The van der Waals surface area contributed by atoms with Gasteiger partial charge < -0.3 is 0 Å². The smallest absolute Gasteiger partial charge is 0.225 e. The number of nitrogens with two attached hydrogens (primary N) is 1. The molecule has 0 amide bonds. The van der Waals surface area contributed by atoms with E-state index in [0.717, 1.165) is 16.7 Å². The lowest BCUT2D eigenvalue weighted by Gasteiger charge is -2.10. The number of sulfonamides is 1. The second-order valence-electron chi connectivity index (χ2n) is 6.46. The SMILES string of the molecule is Cc1ccc(-c2ccc(S(=O)(=O)Cc3cccc(S(N)(=O)=O)c3)c(Cl)c2)cc1. The van der Waals surface area contributed by atoms with Crippen molar-refractivity contribution in [3.63, 3.8) is 0 Å². The Bertz CT molecular complexity index is 1240. The zero-order chi connectivity index (χ0) is 20.5. The van der Waals surface area contributed by atoms with E-state index < -0.39 is 19.9 Å². The Morgan fingerprint density at radius 3 is 2.11 bits per heavy atom. The highest BCUT2D eigenvalue weighted by Gasteiger charge is 2.20. The lowest BCUT2D eigenvalue weighted by molar-refractivity contribution is 0.593. The highest BCUT2D eigenvalue weighted by Crippen LogP contribution is 2.30. The molecule has 2 N–H and O–H groups in total. The number of aryl methyl sites for hydroxylation is 1. The molecule has 8 heteroatoms. The van der Waals surface area contributed by atoms with Gasteiger partial charge in [0, 0.05) is 0 Å². The molecular weight excluding hydrogens is 418 g/mol. The zero-order valence-corrected chi connectivity index (χ0v) is 17.4. The molecule has 0 bridgehead atoms. The molecule has 146 valence electrons. The zero-order valence-electron chi connectivity index (χ0n) is 15.0. The van der Waals surface area contributed by atoms with E-state index in [1.807, 2.05) is 31.2 Å². The number of rotatable bonds is 5. The van der Waals surface area contributed by atoms with Crippen LogP contribution in [0.3, 0.4) is 0 Å². The molecule has 3 aromatic carbocycles. The van der Waals surface area contributed by atoms with Crippen molar-refractivity contribution < 1.29 is 16.8 Å². The van der Waals surface area contributed by atoms with E-state index in [4.69, 9.17) is 16.7 Å². The molecule has 0 saturated heterocycles. The first-order valence-corrected chi connectivity index (χ1v) is 11.8. The molecule has 0 aromatic heterocycles. The maximum atomic E-state index is 12.8. The number of primary sulfonamides is 1. The van der Waals surface area contributed by atoms with Crippen LogP contribution >= 0.6 is 11.6 Å². The van der Waals surface area contributed by atoms with Crippen molar-refractivity contribution in [1.82, 2.24) is 0 Å². The summed E-state index contributed by atoms with van der Waals surface area (Å²) in [5.41, 5.74) is 3.17. The molecule has 0 saturated carbocycles. The number of hydrogen-bond donors (Lipinski definition) is 1. The van der Waals surface area contributed by atoms with E-state index in [1.54, 1.807) is 12.1 Å². The average Bonchev–Trinajstić information content (AvgIpc) is 2.61. The monoisotopic (exact) mass is 435 g/mol. The predicted octanol–water partition coefficient (Wildman–Crippen LogP) is 3.94. The summed E-state index contributed by atoms with van der Waals surface area (Å²) < 4.78 is 48.6. The Hall–Kier alpha value is -2.19. The second kappa shape index (κ2) is 7.67. The van der Waals surface area contributed by atoms with Crippen LogP contribution < -0.4 is 5.14 Å². The minimum atomic E-state index is -3.91. The summed E-state index contributed by atoms with van der Waals surface area (Å²) in [5.74, 6) is -0.389. The average molecular weight is 436 g/mol. The molecule has 3 rings (SSSR count). The fraction of sp³-hybridized carbons (Fsp3) is 0.100. The van der Waals surface area contributed by atoms with Crippen LogP contribution in [0.1, 0.15) is 11.1 Å². The fourth-order valence-electron chi connectivity index (χ4n) is 2.79. The van der Waals surface area contributed by atoms with Gasteiger partial charge in [-0.25, -0.2) is 22.0 Å². The molecular formula is C20H18ClNO4S2. The van der Waals surface area contributed by atoms with Gasteiger partial charge in [-0.05, 0) is 47.9 Å².